The molecule has 0 aliphatic carbocycles. The van der Waals surface area contributed by atoms with Crippen LogP contribution in [-0.2, 0) is 0 Å². The fourth-order valence-corrected chi connectivity index (χ4v) is 3.24. The van der Waals surface area contributed by atoms with Crippen molar-refractivity contribution in [1.29, 1.82) is 0 Å². The quantitative estimate of drug-likeness (QED) is 0.366. The van der Waals surface area contributed by atoms with Crippen molar-refractivity contribution in [3.8, 4) is 23.1 Å². The lowest BCUT2D eigenvalue weighted by Crippen LogP contribution is -1.99. The van der Waals surface area contributed by atoms with E-state index in [-0.39, 0.29) is 0 Å². The molecule has 0 saturated heterocycles. The van der Waals surface area contributed by atoms with Gasteiger partial charge < -0.3 is 0 Å². The summed E-state index contributed by atoms with van der Waals surface area (Å²) in [6.45, 7) is 7.29. The van der Waals surface area contributed by atoms with Crippen LogP contribution < -0.4 is 0 Å². The first-order valence-electron chi connectivity index (χ1n) is 6.93. The fourth-order valence-electron chi connectivity index (χ4n) is 1.97. The lowest BCUT2D eigenvalue weighted by molar-refractivity contribution is 0.633. The third-order valence-corrected chi connectivity index (χ3v) is 4.92. The number of nitrogens with zero attached hydrogens (tertiary/aromatic N) is 2. The van der Waals surface area contributed by atoms with E-state index in [1.165, 1.54) is 30.0 Å². The van der Waals surface area contributed by atoms with Crippen LogP contribution in [-0.4, -0.2) is 15.7 Å². The van der Waals surface area contributed by atoms with E-state index in [9.17, 15) is 11.7 Å². The second kappa shape index (κ2) is 7.77. The van der Waals surface area contributed by atoms with Crippen LogP contribution in [0.1, 0.15) is 18.3 Å². The van der Waals surface area contributed by atoms with Gasteiger partial charge in [0.25, 0.3) is 0 Å². The molecule has 1 aromatic carbocycles. The summed E-state index contributed by atoms with van der Waals surface area (Å²) in [6, 6.07) is 5.07. The molecule has 126 valence electrons. The molecular formula is C17H15F3N2S2. The van der Waals surface area contributed by atoms with Crippen molar-refractivity contribution in [2.24, 2.45) is 0 Å². The number of hydrogen-bond acceptors (Lipinski definition) is 3. The van der Waals surface area contributed by atoms with Gasteiger partial charge in [-0.15, -0.1) is 17.6 Å². The van der Waals surface area contributed by atoms with Gasteiger partial charge in [-0.1, -0.05) is 36.4 Å². The lowest BCUT2D eigenvalue weighted by atomic mass is 10.1. The van der Waals surface area contributed by atoms with Crippen molar-refractivity contribution in [3.63, 3.8) is 0 Å². The second-order valence-electron chi connectivity index (χ2n) is 4.71. The van der Waals surface area contributed by atoms with Gasteiger partial charge in [0.2, 0.25) is 11.2 Å². The Bertz CT molecular complexity index is 804. The third kappa shape index (κ3) is 4.34. The smallest absolute Gasteiger partial charge is 0.228 e. The number of hydrogen-bond donors (Lipinski definition) is 0. The van der Waals surface area contributed by atoms with Gasteiger partial charge in [0.15, 0.2) is 5.82 Å². The predicted molar refractivity (Wildman–Crippen MR) is 95.7 cm³/mol. The highest BCUT2D eigenvalue weighted by Crippen LogP contribution is 2.60. The summed E-state index contributed by atoms with van der Waals surface area (Å²) in [4.78, 5) is 8.18. The summed E-state index contributed by atoms with van der Waals surface area (Å²) < 4.78 is 38.4. The van der Waals surface area contributed by atoms with Gasteiger partial charge in [0.1, 0.15) is 5.03 Å². The molecule has 0 fully saturated rings. The van der Waals surface area contributed by atoms with E-state index in [0.717, 1.165) is 22.7 Å². The molecule has 0 saturated carbocycles. The Morgan fingerprint density at radius 2 is 1.88 bits per heavy atom. The monoisotopic (exact) mass is 368 g/mol. The molecule has 0 spiro atoms. The molecule has 0 aliphatic rings. The van der Waals surface area contributed by atoms with Gasteiger partial charge >= 0.3 is 0 Å². The van der Waals surface area contributed by atoms with E-state index in [4.69, 9.17) is 0 Å². The van der Waals surface area contributed by atoms with Gasteiger partial charge in [0.05, 0.1) is 16.3 Å². The minimum atomic E-state index is -5.22. The van der Waals surface area contributed by atoms with Gasteiger partial charge in [-0.3, -0.25) is 0 Å². The van der Waals surface area contributed by atoms with E-state index in [1.807, 2.05) is 6.92 Å². The van der Waals surface area contributed by atoms with Crippen LogP contribution in [0.2, 0.25) is 0 Å². The number of aromatic nitrogens is 2. The zero-order valence-electron chi connectivity index (χ0n) is 13.1. The van der Waals surface area contributed by atoms with Crippen molar-refractivity contribution in [2.75, 3.05) is 5.75 Å². The first-order chi connectivity index (χ1) is 11.4. The predicted octanol–water partition coefficient (Wildman–Crippen LogP) is 6.03. The number of rotatable bonds is 5. The highest BCUT2D eigenvalue weighted by Gasteiger charge is 2.24. The van der Waals surface area contributed by atoms with Crippen LogP contribution in [0.5, 0.6) is 0 Å². The highest BCUT2D eigenvalue weighted by atomic mass is 32.3. The Kier molecular flexibility index (Phi) is 5.97. The minimum absolute atomic E-state index is 0.438. The molecule has 2 rings (SSSR count). The Morgan fingerprint density at radius 1 is 1.21 bits per heavy atom. The van der Waals surface area contributed by atoms with Crippen LogP contribution in [0.3, 0.4) is 0 Å². The topological polar surface area (TPSA) is 25.8 Å². The lowest BCUT2D eigenvalue weighted by Gasteiger charge is -2.13. The van der Waals surface area contributed by atoms with E-state index >= 15 is 0 Å². The normalized spacial score (nSPS) is 11.5. The number of benzene rings is 1. The molecule has 0 bridgehead atoms. The van der Waals surface area contributed by atoms with Crippen molar-refractivity contribution in [1.82, 2.24) is 9.97 Å². The van der Waals surface area contributed by atoms with Crippen LogP contribution in [0.25, 0.3) is 17.3 Å². The summed E-state index contributed by atoms with van der Waals surface area (Å²) in [5.41, 5.74) is 2.04. The molecule has 0 N–H and O–H groups in total. The first kappa shape index (κ1) is 18.4. The molecule has 0 unspecified atom stereocenters. The average molecular weight is 368 g/mol. The SMILES string of the molecule is C=Cc1nc(SCC#CC)c(C)c(-c2ccc(S(F)(F)F)cc2)n1. The molecule has 0 aliphatic heterocycles. The molecular weight excluding hydrogens is 353 g/mol. The van der Waals surface area contributed by atoms with Crippen molar-refractivity contribution >= 4 is 29.0 Å². The summed E-state index contributed by atoms with van der Waals surface area (Å²) in [5, 5.41) is 0.753. The zero-order chi connectivity index (χ0) is 17.7. The van der Waals surface area contributed by atoms with Crippen molar-refractivity contribution < 1.29 is 11.7 Å². The number of halogens is 3. The Hall–Kier alpha value is -1.91. The largest absolute Gasteiger partial charge is 0.237 e. The molecule has 24 heavy (non-hydrogen) atoms. The van der Waals surface area contributed by atoms with E-state index in [1.54, 1.807) is 6.92 Å². The standard InChI is InChI=1S/C17H15F3N2S2/c1-4-6-11-23-17-12(3)16(21-15(5-2)22-17)13-7-9-14(10-8-13)24(18,19)20/h5,7-10H,2,11H2,1,3H3. The highest BCUT2D eigenvalue weighted by molar-refractivity contribution is 8.20. The molecule has 7 heteroatoms. The maximum atomic E-state index is 12.8. The third-order valence-electron chi connectivity index (χ3n) is 3.15. The molecule has 1 heterocycles. The second-order valence-corrected chi connectivity index (χ2v) is 6.96. The van der Waals surface area contributed by atoms with Gasteiger partial charge in [-0.2, -0.15) is 0 Å². The molecule has 0 amide bonds. The first-order valence-corrected chi connectivity index (χ1v) is 9.25. The Labute approximate surface area is 145 Å². The molecule has 0 radical (unpaired) electrons. The van der Waals surface area contributed by atoms with Crippen molar-refractivity contribution in [3.05, 3.63) is 42.2 Å². The van der Waals surface area contributed by atoms with Crippen LogP contribution in [0.4, 0.5) is 11.7 Å². The molecule has 2 aromatic rings. The maximum Gasteiger partial charge on any atom is 0.237 e. The van der Waals surface area contributed by atoms with E-state index in [0.29, 0.717) is 22.8 Å². The maximum absolute atomic E-state index is 12.8. The van der Waals surface area contributed by atoms with Gasteiger partial charge in [0, 0.05) is 11.1 Å². The molecule has 1 aromatic heterocycles. The summed E-state index contributed by atoms with van der Waals surface area (Å²) in [6.07, 6.45) is 1.52. The summed E-state index contributed by atoms with van der Waals surface area (Å²) in [7, 11) is 0. The Morgan fingerprint density at radius 3 is 2.42 bits per heavy atom. The zero-order valence-corrected chi connectivity index (χ0v) is 14.8. The number of thioether (sulfide) groups is 1. The van der Waals surface area contributed by atoms with Gasteiger partial charge in [-0.05, 0) is 32.1 Å². The van der Waals surface area contributed by atoms with Crippen LogP contribution in [0, 0.1) is 18.8 Å². The van der Waals surface area contributed by atoms with Crippen molar-refractivity contribution in [2.45, 2.75) is 23.8 Å². The Balaban J connectivity index is 2.46. The average Bonchev–Trinajstić information content (AvgIpc) is 2.56. The summed E-state index contributed by atoms with van der Waals surface area (Å²) in [5.74, 6) is 6.79. The fraction of sp³-hybridized carbons (Fsp3) is 0.176. The molecule has 2 nitrogen and oxygen atoms in total. The van der Waals surface area contributed by atoms with Crippen LogP contribution in [0.15, 0.2) is 40.8 Å². The minimum Gasteiger partial charge on any atom is -0.228 e. The van der Waals surface area contributed by atoms with Gasteiger partial charge in [-0.25, -0.2) is 9.97 Å². The summed E-state index contributed by atoms with van der Waals surface area (Å²) >= 11 is -3.75. The van der Waals surface area contributed by atoms with E-state index in [2.05, 4.69) is 28.4 Å². The van der Waals surface area contributed by atoms with Crippen LogP contribution >= 0.6 is 22.9 Å². The molecule has 0 atom stereocenters. The van der Waals surface area contributed by atoms with E-state index < -0.39 is 16.1 Å².